The summed E-state index contributed by atoms with van der Waals surface area (Å²) in [4.78, 5) is 10.8. The lowest BCUT2D eigenvalue weighted by molar-refractivity contribution is 0.0656. The minimum absolute atomic E-state index is 0.181. The molecule has 0 aliphatic rings. The molecule has 106 valence electrons. The summed E-state index contributed by atoms with van der Waals surface area (Å²) in [6.45, 7) is 0. The van der Waals surface area contributed by atoms with Crippen LogP contribution in [0.5, 0.6) is 0 Å². The highest BCUT2D eigenvalue weighted by atomic mass is 32.2. The van der Waals surface area contributed by atoms with Crippen LogP contribution in [-0.2, 0) is 16.6 Å². The lowest BCUT2D eigenvalue weighted by atomic mass is 10.1. The largest absolute Gasteiger partial charge is 0.475 e. The van der Waals surface area contributed by atoms with Gasteiger partial charge in [-0.05, 0) is 28.5 Å². The Balaban J connectivity index is 1.91. The van der Waals surface area contributed by atoms with Crippen LogP contribution >= 0.6 is 0 Å². The third-order valence-corrected chi connectivity index (χ3v) is 4.42. The molecule has 0 spiro atoms. The first-order valence-corrected chi connectivity index (χ1v) is 7.65. The molecule has 4 nitrogen and oxygen atoms in total. The SMILES string of the molecule is O=C(O)c1ccc(S(=O)Cc2cccc3ccccc23)o1. The van der Waals surface area contributed by atoms with Crippen LogP contribution in [0.4, 0.5) is 0 Å². The summed E-state index contributed by atoms with van der Waals surface area (Å²) < 4.78 is 17.4. The molecule has 0 fully saturated rings. The number of benzene rings is 2. The van der Waals surface area contributed by atoms with Crippen molar-refractivity contribution in [3.05, 3.63) is 65.9 Å². The van der Waals surface area contributed by atoms with Gasteiger partial charge in [0.05, 0.1) is 16.6 Å². The zero-order valence-electron chi connectivity index (χ0n) is 11.0. The molecule has 0 aliphatic carbocycles. The summed E-state index contributed by atoms with van der Waals surface area (Å²) in [6, 6.07) is 16.5. The van der Waals surface area contributed by atoms with Crippen molar-refractivity contribution in [2.75, 3.05) is 0 Å². The van der Waals surface area contributed by atoms with Crippen LogP contribution in [0.3, 0.4) is 0 Å². The van der Waals surface area contributed by atoms with Gasteiger partial charge in [-0.15, -0.1) is 0 Å². The molecule has 1 aromatic heterocycles. The van der Waals surface area contributed by atoms with Crippen LogP contribution in [0.25, 0.3) is 10.8 Å². The molecule has 3 rings (SSSR count). The fourth-order valence-electron chi connectivity index (χ4n) is 2.19. The minimum atomic E-state index is -1.42. The maximum Gasteiger partial charge on any atom is 0.371 e. The van der Waals surface area contributed by atoms with Gasteiger partial charge in [0.2, 0.25) is 5.76 Å². The van der Waals surface area contributed by atoms with Gasteiger partial charge in [-0.25, -0.2) is 4.79 Å². The quantitative estimate of drug-likeness (QED) is 0.801. The third kappa shape index (κ3) is 2.73. The Morgan fingerprint density at radius 2 is 1.81 bits per heavy atom. The molecule has 0 aliphatic heterocycles. The van der Waals surface area contributed by atoms with E-state index in [1.807, 2.05) is 42.5 Å². The van der Waals surface area contributed by atoms with Gasteiger partial charge >= 0.3 is 5.97 Å². The van der Waals surface area contributed by atoms with Crippen molar-refractivity contribution >= 4 is 27.5 Å². The Labute approximate surface area is 123 Å². The molecule has 1 unspecified atom stereocenters. The molecular weight excluding hydrogens is 288 g/mol. The normalized spacial score (nSPS) is 12.4. The average molecular weight is 300 g/mol. The number of rotatable bonds is 4. The van der Waals surface area contributed by atoms with Crippen molar-refractivity contribution < 1.29 is 18.5 Å². The van der Waals surface area contributed by atoms with Crippen LogP contribution in [0.1, 0.15) is 16.1 Å². The maximum absolute atomic E-state index is 12.3. The van der Waals surface area contributed by atoms with Gasteiger partial charge < -0.3 is 9.52 Å². The number of fused-ring (bicyclic) bond motifs is 1. The Morgan fingerprint density at radius 1 is 1.05 bits per heavy atom. The van der Waals surface area contributed by atoms with E-state index >= 15 is 0 Å². The number of furan rings is 1. The van der Waals surface area contributed by atoms with Gasteiger partial charge in [0.1, 0.15) is 0 Å². The molecule has 2 aromatic carbocycles. The molecule has 0 bridgehead atoms. The van der Waals surface area contributed by atoms with Crippen molar-refractivity contribution in [1.29, 1.82) is 0 Å². The van der Waals surface area contributed by atoms with Crippen LogP contribution in [0, 0.1) is 0 Å². The Morgan fingerprint density at radius 3 is 2.57 bits per heavy atom. The van der Waals surface area contributed by atoms with E-state index in [0.29, 0.717) is 0 Å². The predicted molar refractivity (Wildman–Crippen MR) is 79.7 cm³/mol. The van der Waals surface area contributed by atoms with Gasteiger partial charge in [0.25, 0.3) is 0 Å². The second-order valence-corrected chi connectivity index (χ2v) is 5.93. The van der Waals surface area contributed by atoms with Crippen LogP contribution in [0.2, 0.25) is 0 Å². The number of hydrogen-bond acceptors (Lipinski definition) is 3. The number of carboxylic acid groups (broad SMARTS) is 1. The van der Waals surface area contributed by atoms with E-state index in [1.165, 1.54) is 12.1 Å². The fraction of sp³-hybridized carbons (Fsp3) is 0.0625. The topological polar surface area (TPSA) is 67.5 Å². The van der Waals surface area contributed by atoms with Crippen molar-refractivity contribution in [2.24, 2.45) is 0 Å². The lowest BCUT2D eigenvalue weighted by Gasteiger charge is -2.05. The average Bonchev–Trinajstić information content (AvgIpc) is 2.98. The summed E-state index contributed by atoms with van der Waals surface area (Å²) in [6.07, 6.45) is 0. The van der Waals surface area contributed by atoms with Gasteiger partial charge in [-0.1, -0.05) is 42.5 Å². The van der Waals surface area contributed by atoms with E-state index in [2.05, 4.69) is 0 Å². The number of carboxylic acids is 1. The van der Waals surface area contributed by atoms with E-state index in [-0.39, 0.29) is 16.6 Å². The molecule has 1 heterocycles. The second-order valence-electron chi connectivity index (χ2n) is 4.55. The molecule has 0 saturated carbocycles. The minimum Gasteiger partial charge on any atom is -0.475 e. The molecule has 3 aromatic rings. The van der Waals surface area contributed by atoms with Gasteiger partial charge in [0, 0.05) is 0 Å². The highest BCUT2D eigenvalue weighted by Gasteiger charge is 2.15. The Kier molecular flexibility index (Phi) is 3.58. The molecule has 21 heavy (non-hydrogen) atoms. The molecular formula is C16H12O4S. The van der Waals surface area contributed by atoms with E-state index in [9.17, 15) is 9.00 Å². The van der Waals surface area contributed by atoms with E-state index in [1.54, 1.807) is 0 Å². The van der Waals surface area contributed by atoms with Crippen LogP contribution < -0.4 is 0 Å². The molecule has 5 heteroatoms. The summed E-state index contributed by atoms with van der Waals surface area (Å²) in [5.41, 5.74) is 0.944. The van der Waals surface area contributed by atoms with Crippen LogP contribution in [0.15, 0.2) is 64.1 Å². The van der Waals surface area contributed by atoms with E-state index in [0.717, 1.165) is 16.3 Å². The molecule has 0 radical (unpaired) electrons. The third-order valence-electron chi connectivity index (χ3n) is 3.18. The first-order chi connectivity index (χ1) is 10.1. The number of aromatic carboxylic acids is 1. The lowest BCUT2D eigenvalue weighted by Crippen LogP contribution is -1.97. The fourth-order valence-corrected chi connectivity index (χ4v) is 3.27. The highest BCUT2D eigenvalue weighted by Crippen LogP contribution is 2.22. The zero-order valence-corrected chi connectivity index (χ0v) is 11.8. The van der Waals surface area contributed by atoms with Crippen molar-refractivity contribution in [3.8, 4) is 0 Å². The molecule has 0 amide bonds. The Hall–Kier alpha value is -2.40. The molecule has 1 atom stereocenters. The summed E-state index contributed by atoms with van der Waals surface area (Å²) in [7, 11) is -1.42. The number of hydrogen-bond donors (Lipinski definition) is 1. The smallest absolute Gasteiger partial charge is 0.371 e. The first kappa shape index (κ1) is 13.6. The maximum atomic E-state index is 12.3. The second kappa shape index (κ2) is 5.54. The Bertz CT molecular complexity index is 830. The summed E-state index contributed by atoms with van der Waals surface area (Å²) in [5, 5.41) is 11.1. The molecule has 0 saturated heterocycles. The summed E-state index contributed by atoms with van der Waals surface area (Å²) >= 11 is 0. The van der Waals surface area contributed by atoms with Gasteiger partial charge in [-0.3, -0.25) is 4.21 Å². The monoisotopic (exact) mass is 300 g/mol. The van der Waals surface area contributed by atoms with Crippen LogP contribution in [-0.4, -0.2) is 15.3 Å². The van der Waals surface area contributed by atoms with Crippen molar-refractivity contribution in [3.63, 3.8) is 0 Å². The van der Waals surface area contributed by atoms with E-state index in [4.69, 9.17) is 9.52 Å². The predicted octanol–water partition coefficient (Wildman–Crippen LogP) is 3.44. The highest BCUT2D eigenvalue weighted by molar-refractivity contribution is 7.84. The zero-order chi connectivity index (χ0) is 14.8. The van der Waals surface area contributed by atoms with E-state index < -0.39 is 16.8 Å². The van der Waals surface area contributed by atoms with Gasteiger partial charge in [-0.2, -0.15) is 0 Å². The van der Waals surface area contributed by atoms with Crippen molar-refractivity contribution in [2.45, 2.75) is 10.8 Å². The van der Waals surface area contributed by atoms with Gasteiger partial charge in [0.15, 0.2) is 5.09 Å². The number of carbonyl (C=O) groups is 1. The van der Waals surface area contributed by atoms with Crippen molar-refractivity contribution in [1.82, 2.24) is 0 Å². The first-order valence-electron chi connectivity index (χ1n) is 6.33. The molecule has 1 N–H and O–H groups in total. The standard InChI is InChI=1S/C16H12O4S/c17-16(18)14-8-9-15(20-14)21(19)10-12-6-3-5-11-4-1-2-7-13(11)12/h1-9H,10H2,(H,17,18). The summed E-state index contributed by atoms with van der Waals surface area (Å²) in [5.74, 6) is -1.08.